The fraction of sp³-hybridized carbons (Fsp3) is 0.407. The van der Waals surface area contributed by atoms with Crippen molar-refractivity contribution in [2.24, 2.45) is 11.3 Å². The molecule has 2 aromatic carbocycles. The molecule has 0 spiro atoms. The number of nitrogens with zero attached hydrogens (tertiary/aromatic N) is 1. The van der Waals surface area contributed by atoms with E-state index in [1.165, 1.54) is 0 Å². The Morgan fingerprint density at radius 2 is 1.88 bits per heavy atom. The summed E-state index contributed by atoms with van der Waals surface area (Å²) >= 11 is 0. The number of aryl methyl sites for hydroxylation is 1. The molecule has 1 fully saturated rings. The van der Waals surface area contributed by atoms with Crippen molar-refractivity contribution in [2.45, 2.75) is 52.7 Å². The third-order valence-corrected chi connectivity index (χ3v) is 6.00. The molecule has 1 unspecified atom stereocenters. The Hall–Kier alpha value is -2.92. The molecule has 1 saturated carbocycles. The van der Waals surface area contributed by atoms with Crippen molar-refractivity contribution in [1.82, 2.24) is 4.98 Å². The van der Waals surface area contributed by atoms with Crippen molar-refractivity contribution in [2.75, 3.05) is 6.61 Å². The SMILES string of the molecule is Cc1cc(COc2ccc(C[C@]3(CO)CC3C(=O)OC(C)(C)C)cc2)c2ccccc2n1. The first-order chi connectivity index (χ1) is 15.2. The molecule has 0 bridgehead atoms. The van der Waals surface area contributed by atoms with Crippen molar-refractivity contribution in [3.63, 3.8) is 0 Å². The molecule has 1 N–H and O–H groups in total. The highest BCUT2D eigenvalue weighted by Gasteiger charge is 2.59. The number of rotatable bonds is 7. The molecule has 1 aliphatic carbocycles. The van der Waals surface area contributed by atoms with E-state index in [1.807, 2.05) is 70.2 Å². The lowest BCUT2D eigenvalue weighted by Crippen LogP contribution is -2.27. The lowest BCUT2D eigenvalue weighted by Gasteiger charge is -2.21. The van der Waals surface area contributed by atoms with Gasteiger partial charge in [-0.2, -0.15) is 0 Å². The normalized spacial score (nSPS) is 20.2. The third kappa shape index (κ3) is 4.94. The standard InChI is InChI=1S/C27H31NO4/c1-18-13-20(22-7-5-6-8-24(22)28-18)16-31-21-11-9-19(10-12-21)14-27(17-29)15-23(27)25(30)32-26(2,3)4/h5-13,23,29H,14-17H2,1-4H3/t23?,27-/m1/s1. The van der Waals surface area contributed by atoms with E-state index in [0.29, 0.717) is 19.4 Å². The van der Waals surface area contributed by atoms with Crippen LogP contribution in [-0.4, -0.2) is 28.3 Å². The van der Waals surface area contributed by atoms with Gasteiger partial charge in [-0.15, -0.1) is 0 Å². The zero-order valence-corrected chi connectivity index (χ0v) is 19.2. The quantitative estimate of drug-likeness (QED) is 0.531. The Kier molecular flexibility index (Phi) is 5.95. The molecule has 3 aromatic rings. The van der Waals surface area contributed by atoms with Gasteiger partial charge in [0.15, 0.2) is 0 Å². The number of para-hydroxylation sites is 1. The summed E-state index contributed by atoms with van der Waals surface area (Å²) in [6, 6.07) is 18.0. The van der Waals surface area contributed by atoms with Gasteiger partial charge in [0, 0.05) is 28.7 Å². The summed E-state index contributed by atoms with van der Waals surface area (Å²) in [4.78, 5) is 17.0. The zero-order chi connectivity index (χ0) is 22.9. The van der Waals surface area contributed by atoms with Crippen LogP contribution in [0.4, 0.5) is 0 Å². The number of aliphatic hydroxyl groups excluding tert-OH is 1. The highest BCUT2D eigenvalue weighted by atomic mass is 16.6. The van der Waals surface area contributed by atoms with Crippen molar-refractivity contribution < 1.29 is 19.4 Å². The van der Waals surface area contributed by atoms with Gasteiger partial charge in [-0.3, -0.25) is 9.78 Å². The number of aliphatic hydroxyl groups is 1. The highest BCUT2D eigenvalue weighted by molar-refractivity contribution is 5.82. The molecule has 1 aromatic heterocycles. The minimum Gasteiger partial charge on any atom is -0.489 e. The first-order valence-corrected chi connectivity index (χ1v) is 11.1. The van der Waals surface area contributed by atoms with Gasteiger partial charge in [-0.05, 0) is 70.4 Å². The van der Waals surface area contributed by atoms with Gasteiger partial charge in [0.2, 0.25) is 0 Å². The van der Waals surface area contributed by atoms with Crippen molar-refractivity contribution in [3.05, 3.63) is 71.4 Å². The topological polar surface area (TPSA) is 68.7 Å². The minimum atomic E-state index is -0.515. The van der Waals surface area contributed by atoms with E-state index in [2.05, 4.69) is 17.1 Å². The first kappa shape index (κ1) is 22.3. The highest BCUT2D eigenvalue weighted by Crippen LogP contribution is 2.55. The summed E-state index contributed by atoms with van der Waals surface area (Å²) in [5, 5.41) is 11.1. The van der Waals surface area contributed by atoms with Gasteiger partial charge in [0.25, 0.3) is 0 Å². The summed E-state index contributed by atoms with van der Waals surface area (Å²) in [6.45, 7) is 8.02. The fourth-order valence-electron chi connectivity index (χ4n) is 4.27. The molecular weight excluding hydrogens is 402 g/mol. The maximum atomic E-state index is 12.4. The molecule has 1 aliphatic rings. The van der Waals surface area contributed by atoms with Gasteiger partial charge in [-0.1, -0.05) is 30.3 Å². The fourth-order valence-corrected chi connectivity index (χ4v) is 4.27. The van der Waals surface area contributed by atoms with Crippen LogP contribution < -0.4 is 4.74 Å². The number of esters is 1. The zero-order valence-electron chi connectivity index (χ0n) is 19.2. The number of hydrogen-bond acceptors (Lipinski definition) is 5. The molecule has 0 amide bonds. The Balaban J connectivity index is 1.39. The van der Waals surface area contributed by atoms with Gasteiger partial charge in [0.1, 0.15) is 18.0 Å². The van der Waals surface area contributed by atoms with E-state index in [1.54, 1.807) is 0 Å². The molecule has 0 radical (unpaired) electrons. The van der Waals surface area contributed by atoms with Crippen LogP contribution >= 0.6 is 0 Å². The van der Waals surface area contributed by atoms with Crippen LogP contribution in [0.1, 0.15) is 44.0 Å². The molecule has 32 heavy (non-hydrogen) atoms. The number of carbonyl (C=O) groups is 1. The third-order valence-electron chi connectivity index (χ3n) is 6.00. The number of ether oxygens (including phenoxy) is 2. The van der Waals surface area contributed by atoms with Crippen molar-refractivity contribution in [3.8, 4) is 5.75 Å². The summed E-state index contributed by atoms with van der Waals surface area (Å²) in [5.41, 5.74) is 3.18. The maximum absolute atomic E-state index is 12.4. The van der Waals surface area contributed by atoms with E-state index in [0.717, 1.165) is 33.5 Å². The summed E-state index contributed by atoms with van der Waals surface area (Å²) in [5.74, 6) is 0.321. The van der Waals surface area contributed by atoms with E-state index in [4.69, 9.17) is 9.47 Å². The lowest BCUT2D eigenvalue weighted by molar-refractivity contribution is -0.157. The number of pyridine rings is 1. The number of benzene rings is 2. The van der Waals surface area contributed by atoms with Gasteiger partial charge < -0.3 is 14.6 Å². The Bertz CT molecular complexity index is 1120. The monoisotopic (exact) mass is 433 g/mol. The molecule has 1 heterocycles. The van der Waals surface area contributed by atoms with E-state index in [9.17, 15) is 9.90 Å². The van der Waals surface area contributed by atoms with Crippen LogP contribution in [0.15, 0.2) is 54.6 Å². The Morgan fingerprint density at radius 1 is 1.16 bits per heavy atom. The Labute approximate surface area is 189 Å². The maximum Gasteiger partial charge on any atom is 0.310 e. The summed E-state index contributed by atoms with van der Waals surface area (Å²) < 4.78 is 11.6. The first-order valence-electron chi connectivity index (χ1n) is 11.1. The van der Waals surface area contributed by atoms with Crippen LogP contribution in [0.2, 0.25) is 0 Å². The van der Waals surface area contributed by atoms with E-state index >= 15 is 0 Å². The predicted molar refractivity (Wildman–Crippen MR) is 124 cm³/mol. The second-order valence-corrected chi connectivity index (χ2v) is 9.86. The average Bonchev–Trinajstić information content (AvgIpc) is 3.46. The van der Waals surface area contributed by atoms with Crippen LogP contribution in [0.3, 0.4) is 0 Å². The van der Waals surface area contributed by atoms with Crippen LogP contribution in [0.25, 0.3) is 10.9 Å². The molecule has 5 nitrogen and oxygen atoms in total. The number of aromatic nitrogens is 1. The van der Waals surface area contributed by atoms with Crippen LogP contribution in [0, 0.1) is 18.3 Å². The predicted octanol–water partition coefficient (Wildman–Crippen LogP) is 5.01. The molecule has 5 heteroatoms. The lowest BCUT2D eigenvalue weighted by atomic mass is 9.94. The van der Waals surface area contributed by atoms with Gasteiger partial charge in [0.05, 0.1) is 11.4 Å². The summed E-state index contributed by atoms with van der Waals surface area (Å²) in [7, 11) is 0. The van der Waals surface area contributed by atoms with Crippen LogP contribution in [-0.2, 0) is 22.6 Å². The molecule has 168 valence electrons. The molecule has 0 aliphatic heterocycles. The van der Waals surface area contributed by atoms with E-state index < -0.39 is 11.0 Å². The van der Waals surface area contributed by atoms with Crippen LogP contribution in [0.5, 0.6) is 5.75 Å². The number of hydrogen-bond donors (Lipinski definition) is 1. The van der Waals surface area contributed by atoms with Gasteiger partial charge >= 0.3 is 5.97 Å². The molecule has 0 saturated heterocycles. The number of fused-ring (bicyclic) bond motifs is 1. The minimum absolute atomic E-state index is 0.0242. The average molecular weight is 434 g/mol. The number of carbonyl (C=O) groups excluding carboxylic acids is 1. The molecule has 4 rings (SSSR count). The molecule has 2 atom stereocenters. The van der Waals surface area contributed by atoms with Gasteiger partial charge in [-0.25, -0.2) is 0 Å². The van der Waals surface area contributed by atoms with Crippen molar-refractivity contribution >= 4 is 16.9 Å². The van der Waals surface area contributed by atoms with E-state index in [-0.39, 0.29) is 18.5 Å². The Morgan fingerprint density at radius 3 is 2.56 bits per heavy atom. The van der Waals surface area contributed by atoms with Crippen molar-refractivity contribution in [1.29, 1.82) is 0 Å². The summed E-state index contributed by atoms with van der Waals surface area (Å²) in [6.07, 6.45) is 1.30. The largest absolute Gasteiger partial charge is 0.489 e. The molecular formula is C27H31NO4. The second kappa shape index (κ2) is 8.55. The smallest absolute Gasteiger partial charge is 0.310 e. The second-order valence-electron chi connectivity index (χ2n) is 9.86.